The molecule has 0 radical (unpaired) electrons. The Hall–Kier alpha value is -1.03. The van der Waals surface area contributed by atoms with E-state index in [0.717, 1.165) is 5.57 Å². The normalized spacial score (nSPS) is 21.5. The van der Waals surface area contributed by atoms with Crippen LogP contribution in [0.15, 0.2) is 11.8 Å². The maximum absolute atomic E-state index is 11.1. The summed E-state index contributed by atoms with van der Waals surface area (Å²) in [5.41, 5.74) is 0.841. The molecule has 0 bridgehead atoms. The molecule has 0 spiro atoms. The van der Waals surface area contributed by atoms with E-state index < -0.39 is 0 Å². The Morgan fingerprint density at radius 2 is 2.67 bits per heavy atom. The minimum absolute atomic E-state index is 0.00288. The summed E-state index contributed by atoms with van der Waals surface area (Å²) >= 11 is 0. The molecule has 4 heteroatoms. The number of hydrogen-bond acceptors (Lipinski definition) is 4. The standard InChI is InChI=1S/C8H13NO3/c1-2-12-8(11)7-3-6(5-10)4-9-7/h4,7,9-10H,2-3,5H2,1H3/t7-/m0/s1. The van der Waals surface area contributed by atoms with Crippen LogP contribution in [0.5, 0.6) is 0 Å². The van der Waals surface area contributed by atoms with Crippen LogP contribution in [0, 0.1) is 0 Å². The Labute approximate surface area is 71.2 Å². The van der Waals surface area contributed by atoms with Crippen LogP contribution in [0.2, 0.25) is 0 Å². The number of aliphatic hydroxyl groups is 1. The second-order valence-corrected chi connectivity index (χ2v) is 2.64. The molecule has 0 fully saturated rings. The molecule has 0 aliphatic carbocycles. The van der Waals surface area contributed by atoms with Crippen LogP contribution in [0.25, 0.3) is 0 Å². The molecule has 0 unspecified atom stereocenters. The van der Waals surface area contributed by atoms with Crippen LogP contribution in [-0.2, 0) is 9.53 Å². The van der Waals surface area contributed by atoms with Gasteiger partial charge in [0.25, 0.3) is 0 Å². The highest BCUT2D eigenvalue weighted by atomic mass is 16.5. The topological polar surface area (TPSA) is 58.6 Å². The fourth-order valence-electron chi connectivity index (χ4n) is 1.10. The van der Waals surface area contributed by atoms with E-state index in [4.69, 9.17) is 9.84 Å². The average molecular weight is 171 g/mol. The molecule has 12 heavy (non-hydrogen) atoms. The van der Waals surface area contributed by atoms with Crippen LogP contribution in [0.1, 0.15) is 13.3 Å². The first-order valence-electron chi connectivity index (χ1n) is 3.99. The molecule has 0 aromatic rings. The van der Waals surface area contributed by atoms with E-state index in [1.54, 1.807) is 13.1 Å². The van der Waals surface area contributed by atoms with Crippen LogP contribution in [0.4, 0.5) is 0 Å². The van der Waals surface area contributed by atoms with Crippen LogP contribution in [-0.4, -0.2) is 30.3 Å². The van der Waals surface area contributed by atoms with Crippen molar-refractivity contribution in [3.05, 3.63) is 11.8 Å². The fraction of sp³-hybridized carbons (Fsp3) is 0.625. The van der Waals surface area contributed by atoms with Gasteiger partial charge in [-0.2, -0.15) is 0 Å². The summed E-state index contributed by atoms with van der Waals surface area (Å²) in [6, 6.07) is -0.299. The van der Waals surface area contributed by atoms with Crippen molar-refractivity contribution in [2.75, 3.05) is 13.2 Å². The Kier molecular flexibility index (Phi) is 3.10. The van der Waals surface area contributed by atoms with Crippen molar-refractivity contribution in [2.24, 2.45) is 0 Å². The maximum atomic E-state index is 11.1. The second-order valence-electron chi connectivity index (χ2n) is 2.64. The third-order valence-corrected chi connectivity index (χ3v) is 1.73. The van der Waals surface area contributed by atoms with Crippen LogP contribution >= 0.6 is 0 Å². The van der Waals surface area contributed by atoms with E-state index in [2.05, 4.69) is 5.32 Å². The number of ether oxygens (including phenoxy) is 1. The summed E-state index contributed by atoms with van der Waals surface area (Å²) in [6.07, 6.45) is 2.22. The molecule has 68 valence electrons. The van der Waals surface area contributed by atoms with Crippen molar-refractivity contribution in [3.8, 4) is 0 Å². The highest BCUT2D eigenvalue weighted by Gasteiger charge is 2.23. The van der Waals surface area contributed by atoms with Gasteiger partial charge in [0.1, 0.15) is 6.04 Å². The van der Waals surface area contributed by atoms with Gasteiger partial charge in [0, 0.05) is 6.42 Å². The van der Waals surface area contributed by atoms with E-state index >= 15 is 0 Å². The number of aliphatic hydroxyl groups excluding tert-OH is 1. The first-order valence-corrected chi connectivity index (χ1v) is 3.99. The number of nitrogens with one attached hydrogen (secondary N) is 1. The van der Waals surface area contributed by atoms with Crippen molar-refractivity contribution >= 4 is 5.97 Å². The highest BCUT2D eigenvalue weighted by Crippen LogP contribution is 2.12. The van der Waals surface area contributed by atoms with E-state index in [1.807, 2.05) is 0 Å². The van der Waals surface area contributed by atoms with E-state index in [0.29, 0.717) is 13.0 Å². The maximum Gasteiger partial charge on any atom is 0.328 e. The van der Waals surface area contributed by atoms with Crippen molar-refractivity contribution in [1.82, 2.24) is 5.32 Å². The van der Waals surface area contributed by atoms with Crippen LogP contribution in [0.3, 0.4) is 0 Å². The molecule has 1 rings (SSSR count). The molecule has 0 saturated heterocycles. The molecule has 0 aromatic carbocycles. The zero-order valence-corrected chi connectivity index (χ0v) is 7.04. The first-order chi connectivity index (χ1) is 5.77. The van der Waals surface area contributed by atoms with E-state index in [1.165, 1.54) is 0 Å². The van der Waals surface area contributed by atoms with Gasteiger partial charge < -0.3 is 15.2 Å². The molecule has 0 amide bonds. The smallest absolute Gasteiger partial charge is 0.328 e. The minimum Gasteiger partial charge on any atom is -0.464 e. The predicted octanol–water partition coefficient (Wildman–Crippen LogP) is -0.212. The SMILES string of the molecule is CCOC(=O)[C@@H]1CC(CO)=CN1. The third kappa shape index (κ3) is 1.98. The lowest BCUT2D eigenvalue weighted by molar-refractivity contribution is -0.145. The fourth-order valence-corrected chi connectivity index (χ4v) is 1.10. The van der Waals surface area contributed by atoms with E-state index in [9.17, 15) is 4.79 Å². The van der Waals surface area contributed by atoms with E-state index in [-0.39, 0.29) is 18.6 Å². The summed E-state index contributed by atoms with van der Waals surface area (Å²) in [5.74, 6) is -0.253. The van der Waals surface area contributed by atoms with Gasteiger partial charge in [-0.05, 0) is 18.7 Å². The molecule has 1 aliphatic rings. The summed E-state index contributed by atoms with van der Waals surface area (Å²) < 4.78 is 4.80. The van der Waals surface area contributed by atoms with Gasteiger partial charge in [0.2, 0.25) is 0 Å². The third-order valence-electron chi connectivity index (χ3n) is 1.73. The monoisotopic (exact) mass is 171 g/mol. The molecule has 4 nitrogen and oxygen atoms in total. The lowest BCUT2D eigenvalue weighted by Gasteiger charge is -2.09. The number of esters is 1. The molecule has 1 heterocycles. The van der Waals surface area contributed by atoms with Gasteiger partial charge in [-0.3, -0.25) is 0 Å². The average Bonchev–Trinajstić information content (AvgIpc) is 2.52. The Bertz CT molecular complexity index is 200. The predicted molar refractivity (Wildman–Crippen MR) is 43.3 cm³/mol. The van der Waals surface area contributed by atoms with Crippen molar-refractivity contribution in [1.29, 1.82) is 0 Å². The van der Waals surface area contributed by atoms with Crippen molar-refractivity contribution in [2.45, 2.75) is 19.4 Å². The zero-order chi connectivity index (χ0) is 8.97. The molecule has 0 saturated carbocycles. The number of rotatable bonds is 3. The highest BCUT2D eigenvalue weighted by molar-refractivity contribution is 5.77. The lowest BCUT2D eigenvalue weighted by atomic mass is 10.1. The summed E-state index contributed by atoms with van der Waals surface area (Å²) in [5, 5.41) is 11.6. The summed E-state index contributed by atoms with van der Waals surface area (Å²) in [4.78, 5) is 11.1. The molecule has 2 N–H and O–H groups in total. The minimum atomic E-state index is -0.299. The molecular weight excluding hydrogens is 158 g/mol. The van der Waals surface area contributed by atoms with Gasteiger partial charge in [-0.25, -0.2) is 4.79 Å². The van der Waals surface area contributed by atoms with Crippen LogP contribution < -0.4 is 5.32 Å². The Morgan fingerprint density at radius 3 is 3.17 bits per heavy atom. The van der Waals surface area contributed by atoms with Gasteiger partial charge in [-0.15, -0.1) is 0 Å². The van der Waals surface area contributed by atoms with Crippen molar-refractivity contribution < 1.29 is 14.6 Å². The van der Waals surface area contributed by atoms with Gasteiger partial charge in [0.05, 0.1) is 13.2 Å². The number of hydrogen-bond donors (Lipinski definition) is 2. The molecule has 1 aliphatic heterocycles. The van der Waals surface area contributed by atoms with Gasteiger partial charge >= 0.3 is 5.97 Å². The summed E-state index contributed by atoms with van der Waals surface area (Å²) in [7, 11) is 0. The molecule has 0 aromatic heterocycles. The Balaban J connectivity index is 2.35. The number of carbonyl (C=O) groups is 1. The zero-order valence-electron chi connectivity index (χ0n) is 7.04. The van der Waals surface area contributed by atoms with Gasteiger partial charge in [0.15, 0.2) is 0 Å². The first kappa shape index (κ1) is 9.06. The quantitative estimate of drug-likeness (QED) is 0.577. The molecular formula is C8H13NO3. The van der Waals surface area contributed by atoms with Gasteiger partial charge in [-0.1, -0.05) is 0 Å². The molecule has 1 atom stereocenters. The van der Waals surface area contributed by atoms with Crippen molar-refractivity contribution in [3.63, 3.8) is 0 Å². The number of carbonyl (C=O) groups excluding carboxylic acids is 1. The second kappa shape index (κ2) is 4.11. The summed E-state index contributed by atoms with van der Waals surface area (Å²) in [6.45, 7) is 2.17. The lowest BCUT2D eigenvalue weighted by Crippen LogP contribution is -2.31. The largest absolute Gasteiger partial charge is 0.464 e. The Morgan fingerprint density at radius 1 is 1.92 bits per heavy atom.